The maximum absolute atomic E-state index is 12.6. The van der Waals surface area contributed by atoms with E-state index < -0.39 is 45.8 Å². The Morgan fingerprint density at radius 2 is 2.00 bits per heavy atom. The van der Waals surface area contributed by atoms with Crippen LogP contribution in [0.15, 0.2) is 18.2 Å². The van der Waals surface area contributed by atoms with Gasteiger partial charge in [0.25, 0.3) is 11.6 Å². The average Bonchev–Trinajstić information content (AvgIpc) is 2.44. The molecule has 1 amide bonds. The van der Waals surface area contributed by atoms with Gasteiger partial charge in [-0.25, -0.2) is 4.79 Å². The number of hydrogen-bond acceptors (Lipinski definition) is 4. The Morgan fingerprint density at radius 3 is 2.43 bits per heavy atom. The topological polar surface area (TPSA) is 110 Å². The van der Waals surface area contributed by atoms with Gasteiger partial charge in [-0.05, 0) is 18.6 Å². The predicted molar refractivity (Wildman–Crippen MR) is 71.9 cm³/mol. The van der Waals surface area contributed by atoms with Gasteiger partial charge in [0, 0.05) is 6.07 Å². The van der Waals surface area contributed by atoms with E-state index in [1.807, 2.05) is 0 Å². The molecule has 10 heteroatoms. The van der Waals surface area contributed by atoms with Crippen LogP contribution < -0.4 is 5.32 Å². The highest BCUT2D eigenvalue weighted by molar-refractivity contribution is 6.00. The molecule has 0 aliphatic heterocycles. The molecule has 0 aliphatic carbocycles. The molecule has 1 aromatic carbocycles. The van der Waals surface area contributed by atoms with E-state index in [1.165, 1.54) is 0 Å². The van der Waals surface area contributed by atoms with Crippen LogP contribution in [0.25, 0.3) is 0 Å². The van der Waals surface area contributed by atoms with Crippen molar-refractivity contribution >= 4 is 17.6 Å². The highest BCUT2D eigenvalue weighted by atomic mass is 19.4. The summed E-state index contributed by atoms with van der Waals surface area (Å²) in [6.07, 6.45) is -4.30. The fourth-order valence-corrected chi connectivity index (χ4v) is 1.83. The number of nitrogens with one attached hydrogen (secondary N) is 1. The zero-order valence-corrected chi connectivity index (χ0v) is 11.9. The molecule has 0 aliphatic rings. The molecule has 0 radical (unpaired) electrons. The van der Waals surface area contributed by atoms with Crippen molar-refractivity contribution in [1.29, 1.82) is 0 Å². The van der Waals surface area contributed by atoms with Crippen molar-refractivity contribution in [2.45, 2.75) is 32.0 Å². The first kappa shape index (κ1) is 18.4. The summed E-state index contributed by atoms with van der Waals surface area (Å²) in [7, 11) is 0. The molecule has 0 saturated carbocycles. The van der Waals surface area contributed by atoms with Gasteiger partial charge >= 0.3 is 12.1 Å². The van der Waals surface area contributed by atoms with Crippen molar-refractivity contribution in [3.05, 3.63) is 39.4 Å². The summed E-state index contributed by atoms with van der Waals surface area (Å²) >= 11 is 0. The van der Waals surface area contributed by atoms with Crippen LogP contribution in [0.1, 0.15) is 35.7 Å². The number of nitro groups is 1. The van der Waals surface area contributed by atoms with Crippen LogP contribution in [-0.4, -0.2) is 27.9 Å². The molecule has 0 bridgehead atoms. The number of amides is 1. The Bertz CT molecular complexity index is 631. The van der Waals surface area contributed by atoms with Crippen LogP contribution in [0.4, 0.5) is 18.9 Å². The van der Waals surface area contributed by atoms with Crippen LogP contribution in [0.5, 0.6) is 0 Å². The van der Waals surface area contributed by atoms with E-state index in [-0.39, 0.29) is 12.5 Å². The fourth-order valence-electron chi connectivity index (χ4n) is 1.83. The smallest absolute Gasteiger partial charge is 0.416 e. The molecule has 23 heavy (non-hydrogen) atoms. The van der Waals surface area contributed by atoms with E-state index in [2.05, 4.69) is 5.32 Å². The molecule has 0 saturated heterocycles. The summed E-state index contributed by atoms with van der Waals surface area (Å²) in [6.45, 7) is 1.67. The third-order valence-corrected chi connectivity index (χ3v) is 2.95. The second-order valence-electron chi connectivity index (χ2n) is 4.64. The summed E-state index contributed by atoms with van der Waals surface area (Å²) in [4.78, 5) is 32.7. The van der Waals surface area contributed by atoms with E-state index in [0.29, 0.717) is 18.6 Å². The number of hydrogen-bond donors (Lipinski definition) is 2. The van der Waals surface area contributed by atoms with Gasteiger partial charge in [0.15, 0.2) is 0 Å². The molecule has 2 N–H and O–H groups in total. The maximum atomic E-state index is 12.6. The lowest BCUT2D eigenvalue weighted by Crippen LogP contribution is -2.40. The number of nitrogens with zero attached hydrogens (tertiary/aromatic N) is 1. The van der Waals surface area contributed by atoms with Crippen LogP contribution in [-0.2, 0) is 11.0 Å². The Balaban J connectivity index is 3.18. The number of carbonyl (C=O) groups is 2. The molecule has 126 valence electrons. The summed E-state index contributed by atoms with van der Waals surface area (Å²) in [6, 6.07) is 0.137. The number of nitro benzene ring substituents is 1. The molecule has 1 aromatic rings. The van der Waals surface area contributed by atoms with E-state index >= 15 is 0 Å². The van der Waals surface area contributed by atoms with Crippen molar-refractivity contribution in [3.8, 4) is 0 Å². The van der Waals surface area contributed by atoms with Gasteiger partial charge in [-0.15, -0.1) is 0 Å². The van der Waals surface area contributed by atoms with Crippen LogP contribution >= 0.6 is 0 Å². The average molecular weight is 334 g/mol. The third-order valence-electron chi connectivity index (χ3n) is 2.95. The fraction of sp³-hybridized carbons (Fsp3) is 0.385. The SMILES string of the molecule is CCCC(NC(=O)c1ccc(C(F)(F)F)cc1[N+](=O)[O-])C(=O)O. The standard InChI is InChI=1S/C13H13F3N2O5/c1-2-3-9(12(20)21)17-11(19)8-5-4-7(13(14,15)16)6-10(8)18(22)23/h4-6,9H,2-3H2,1H3,(H,17,19)(H,20,21). The predicted octanol–water partition coefficient (Wildman–Crippen LogP) is 2.60. The Kier molecular flexibility index (Phi) is 5.66. The number of aliphatic carboxylic acids is 1. The van der Waals surface area contributed by atoms with Gasteiger partial charge in [-0.1, -0.05) is 13.3 Å². The van der Waals surface area contributed by atoms with E-state index in [0.717, 1.165) is 0 Å². The number of carboxylic acid groups (broad SMARTS) is 1. The normalized spacial score (nSPS) is 12.5. The second kappa shape index (κ2) is 7.07. The highest BCUT2D eigenvalue weighted by Gasteiger charge is 2.34. The van der Waals surface area contributed by atoms with Crippen LogP contribution in [0.3, 0.4) is 0 Å². The second-order valence-corrected chi connectivity index (χ2v) is 4.64. The minimum absolute atomic E-state index is 0.0789. The van der Waals surface area contributed by atoms with Gasteiger partial charge in [0.1, 0.15) is 11.6 Å². The molecular formula is C13H13F3N2O5. The first-order chi connectivity index (χ1) is 10.6. The number of halogens is 3. The molecular weight excluding hydrogens is 321 g/mol. The lowest BCUT2D eigenvalue weighted by atomic mass is 10.1. The zero-order chi connectivity index (χ0) is 17.8. The molecule has 1 atom stereocenters. The lowest BCUT2D eigenvalue weighted by molar-refractivity contribution is -0.385. The molecule has 1 unspecified atom stereocenters. The van der Waals surface area contributed by atoms with Crippen molar-refractivity contribution < 1.29 is 32.8 Å². The van der Waals surface area contributed by atoms with Crippen molar-refractivity contribution in [2.75, 3.05) is 0 Å². The quantitative estimate of drug-likeness (QED) is 0.614. The van der Waals surface area contributed by atoms with E-state index in [4.69, 9.17) is 5.11 Å². The highest BCUT2D eigenvalue weighted by Crippen LogP contribution is 2.33. The zero-order valence-electron chi connectivity index (χ0n) is 11.9. The Morgan fingerprint density at radius 1 is 1.39 bits per heavy atom. The number of rotatable bonds is 6. The van der Waals surface area contributed by atoms with Crippen LogP contribution in [0.2, 0.25) is 0 Å². The summed E-state index contributed by atoms with van der Waals surface area (Å²) < 4.78 is 37.7. The molecule has 0 aromatic heterocycles. The molecule has 0 spiro atoms. The van der Waals surface area contributed by atoms with Gasteiger partial charge in [-0.3, -0.25) is 14.9 Å². The van der Waals surface area contributed by atoms with Gasteiger partial charge < -0.3 is 10.4 Å². The number of alkyl halides is 3. The molecule has 0 fully saturated rings. The molecule has 0 heterocycles. The lowest BCUT2D eigenvalue weighted by Gasteiger charge is -2.14. The first-order valence-electron chi connectivity index (χ1n) is 6.47. The molecule has 7 nitrogen and oxygen atoms in total. The summed E-state index contributed by atoms with van der Waals surface area (Å²) in [5.74, 6) is -2.46. The third kappa shape index (κ3) is 4.66. The largest absolute Gasteiger partial charge is 0.480 e. The van der Waals surface area contributed by atoms with Crippen molar-refractivity contribution in [3.63, 3.8) is 0 Å². The van der Waals surface area contributed by atoms with Gasteiger partial charge in [-0.2, -0.15) is 13.2 Å². The minimum atomic E-state index is -4.80. The minimum Gasteiger partial charge on any atom is -0.480 e. The molecule has 1 rings (SSSR count). The number of carbonyl (C=O) groups excluding carboxylic acids is 1. The Hall–Kier alpha value is -2.65. The summed E-state index contributed by atoms with van der Waals surface area (Å²) in [5.41, 5.74) is -2.95. The van der Waals surface area contributed by atoms with Crippen molar-refractivity contribution in [2.24, 2.45) is 0 Å². The number of carboxylic acids is 1. The van der Waals surface area contributed by atoms with Crippen molar-refractivity contribution in [1.82, 2.24) is 5.32 Å². The summed E-state index contributed by atoms with van der Waals surface area (Å²) in [5, 5.41) is 21.9. The van der Waals surface area contributed by atoms with E-state index in [9.17, 15) is 32.9 Å². The maximum Gasteiger partial charge on any atom is 0.416 e. The first-order valence-corrected chi connectivity index (χ1v) is 6.47. The van der Waals surface area contributed by atoms with E-state index in [1.54, 1.807) is 6.92 Å². The number of benzene rings is 1. The van der Waals surface area contributed by atoms with Gasteiger partial charge in [0.05, 0.1) is 10.5 Å². The van der Waals surface area contributed by atoms with Gasteiger partial charge in [0.2, 0.25) is 0 Å². The monoisotopic (exact) mass is 334 g/mol. The van der Waals surface area contributed by atoms with Crippen LogP contribution in [0, 0.1) is 10.1 Å². The Labute approximate surface area is 128 Å².